The highest BCUT2D eigenvalue weighted by atomic mass is 79.9. The fourth-order valence-electron chi connectivity index (χ4n) is 1.54. The summed E-state index contributed by atoms with van der Waals surface area (Å²) >= 11 is 3.27. The molecule has 2 N–H and O–H groups in total. The molecule has 4 nitrogen and oxygen atoms in total. The van der Waals surface area contributed by atoms with E-state index in [0.717, 1.165) is 4.47 Å². The predicted molar refractivity (Wildman–Crippen MR) is 72.5 cm³/mol. The monoisotopic (exact) mass is 313 g/mol. The van der Waals surface area contributed by atoms with Gasteiger partial charge in [-0.3, -0.25) is 4.79 Å². The summed E-state index contributed by atoms with van der Waals surface area (Å²) in [5.74, 6) is -1.49. The van der Waals surface area contributed by atoms with Gasteiger partial charge in [-0.05, 0) is 24.1 Å². The molecule has 0 bridgehead atoms. The van der Waals surface area contributed by atoms with Crippen molar-refractivity contribution < 1.29 is 14.7 Å². The van der Waals surface area contributed by atoms with Crippen molar-refractivity contribution in [1.82, 2.24) is 5.32 Å². The van der Waals surface area contributed by atoms with E-state index in [1.54, 1.807) is 31.2 Å². The standard InChI is InChI=1S/C13H16BrNO3/c1-3-8(2)11(13(17)18)15-12(16)9-5-4-6-10(14)7-9/h4-8,11H,3H2,1-2H3,(H,15,16)(H,17,18)/t8-,11-/m0/s1. The molecule has 0 saturated heterocycles. The average molecular weight is 314 g/mol. The Morgan fingerprint density at radius 1 is 1.44 bits per heavy atom. The maximum absolute atomic E-state index is 11.9. The minimum absolute atomic E-state index is 0.112. The largest absolute Gasteiger partial charge is 0.480 e. The molecule has 1 aromatic rings. The first-order valence-corrected chi connectivity index (χ1v) is 6.54. The summed E-state index contributed by atoms with van der Waals surface area (Å²) in [5, 5.41) is 11.7. The first-order valence-electron chi connectivity index (χ1n) is 5.75. The van der Waals surface area contributed by atoms with E-state index < -0.39 is 12.0 Å². The number of carboxylic acid groups (broad SMARTS) is 1. The Balaban J connectivity index is 2.82. The lowest BCUT2D eigenvalue weighted by Gasteiger charge is -2.20. The Morgan fingerprint density at radius 3 is 2.61 bits per heavy atom. The summed E-state index contributed by atoms with van der Waals surface area (Å²) < 4.78 is 0.783. The van der Waals surface area contributed by atoms with Crippen molar-refractivity contribution in [2.24, 2.45) is 5.92 Å². The van der Waals surface area contributed by atoms with Crippen molar-refractivity contribution in [3.63, 3.8) is 0 Å². The van der Waals surface area contributed by atoms with E-state index in [-0.39, 0.29) is 11.8 Å². The number of aliphatic carboxylic acids is 1. The van der Waals surface area contributed by atoms with Crippen LogP contribution in [0.2, 0.25) is 0 Å². The number of hydrogen-bond acceptors (Lipinski definition) is 2. The lowest BCUT2D eigenvalue weighted by Crippen LogP contribution is -2.45. The van der Waals surface area contributed by atoms with Crippen LogP contribution in [0.25, 0.3) is 0 Å². The number of hydrogen-bond donors (Lipinski definition) is 2. The highest BCUT2D eigenvalue weighted by molar-refractivity contribution is 9.10. The Morgan fingerprint density at radius 2 is 2.11 bits per heavy atom. The molecule has 1 aromatic carbocycles. The molecular weight excluding hydrogens is 298 g/mol. The zero-order valence-corrected chi connectivity index (χ0v) is 11.9. The van der Waals surface area contributed by atoms with Gasteiger partial charge in [-0.2, -0.15) is 0 Å². The number of amides is 1. The number of rotatable bonds is 5. The van der Waals surface area contributed by atoms with Crippen LogP contribution in [0.5, 0.6) is 0 Å². The molecule has 0 fully saturated rings. The summed E-state index contributed by atoms with van der Waals surface area (Å²) in [7, 11) is 0. The molecular formula is C13H16BrNO3. The number of carbonyl (C=O) groups is 2. The Kier molecular flexibility index (Phi) is 5.34. The van der Waals surface area contributed by atoms with Gasteiger partial charge in [-0.15, -0.1) is 0 Å². The predicted octanol–water partition coefficient (Wildman–Crippen LogP) is 2.68. The van der Waals surface area contributed by atoms with Crippen molar-refractivity contribution in [2.75, 3.05) is 0 Å². The van der Waals surface area contributed by atoms with Gasteiger partial charge in [0.05, 0.1) is 0 Å². The van der Waals surface area contributed by atoms with Crippen molar-refractivity contribution in [3.05, 3.63) is 34.3 Å². The van der Waals surface area contributed by atoms with Crippen LogP contribution in [0, 0.1) is 5.92 Å². The molecule has 18 heavy (non-hydrogen) atoms. The van der Waals surface area contributed by atoms with Crippen LogP contribution < -0.4 is 5.32 Å². The second-order valence-electron chi connectivity index (χ2n) is 4.19. The number of carbonyl (C=O) groups excluding carboxylic acids is 1. The molecule has 0 spiro atoms. The van der Waals surface area contributed by atoms with Crippen LogP contribution >= 0.6 is 15.9 Å². The number of carboxylic acids is 1. The smallest absolute Gasteiger partial charge is 0.326 e. The van der Waals surface area contributed by atoms with E-state index >= 15 is 0 Å². The molecule has 0 aliphatic heterocycles. The van der Waals surface area contributed by atoms with Gasteiger partial charge in [0.2, 0.25) is 0 Å². The third-order valence-electron chi connectivity index (χ3n) is 2.85. The summed E-state index contributed by atoms with van der Waals surface area (Å²) in [6.07, 6.45) is 0.690. The van der Waals surface area contributed by atoms with Gasteiger partial charge in [-0.1, -0.05) is 42.3 Å². The van der Waals surface area contributed by atoms with Crippen molar-refractivity contribution in [1.29, 1.82) is 0 Å². The summed E-state index contributed by atoms with van der Waals surface area (Å²) in [4.78, 5) is 23.0. The van der Waals surface area contributed by atoms with Crippen molar-refractivity contribution in [3.8, 4) is 0 Å². The first-order chi connectivity index (χ1) is 8.45. The zero-order valence-electron chi connectivity index (χ0n) is 10.3. The quantitative estimate of drug-likeness (QED) is 0.878. The van der Waals surface area contributed by atoms with Crippen LogP contribution in [-0.4, -0.2) is 23.0 Å². The molecule has 0 heterocycles. The van der Waals surface area contributed by atoms with Crippen LogP contribution in [0.4, 0.5) is 0 Å². The lowest BCUT2D eigenvalue weighted by molar-refractivity contribution is -0.140. The van der Waals surface area contributed by atoms with Gasteiger partial charge in [0.15, 0.2) is 0 Å². The molecule has 0 aromatic heterocycles. The minimum Gasteiger partial charge on any atom is -0.480 e. The maximum atomic E-state index is 11.9. The van der Waals surface area contributed by atoms with E-state index in [0.29, 0.717) is 12.0 Å². The van der Waals surface area contributed by atoms with Crippen LogP contribution in [-0.2, 0) is 4.79 Å². The third kappa shape index (κ3) is 3.84. The Hall–Kier alpha value is -1.36. The maximum Gasteiger partial charge on any atom is 0.326 e. The second kappa shape index (κ2) is 6.54. The van der Waals surface area contributed by atoms with Gasteiger partial charge in [0.25, 0.3) is 5.91 Å². The topological polar surface area (TPSA) is 66.4 Å². The normalized spacial score (nSPS) is 13.7. The van der Waals surface area contributed by atoms with Crippen molar-refractivity contribution >= 4 is 27.8 Å². The summed E-state index contributed by atoms with van der Waals surface area (Å²) in [5.41, 5.74) is 0.443. The molecule has 0 aliphatic carbocycles. The Bertz CT molecular complexity index is 448. The SMILES string of the molecule is CC[C@H](C)[C@H](NC(=O)c1cccc(Br)c1)C(=O)O. The van der Waals surface area contributed by atoms with Crippen LogP contribution in [0.1, 0.15) is 30.6 Å². The second-order valence-corrected chi connectivity index (χ2v) is 5.10. The van der Waals surface area contributed by atoms with Gasteiger partial charge in [0.1, 0.15) is 6.04 Å². The fourth-order valence-corrected chi connectivity index (χ4v) is 1.94. The lowest BCUT2D eigenvalue weighted by atomic mass is 9.99. The van der Waals surface area contributed by atoms with Crippen LogP contribution in [0.15, 0.2) is 28.7 Å². The summed E-state index contributed by atoms with van der Waals surface area (Å²) in [6.45, 7) is 3.70. The van der Waals surface area contributed by atoms with E-state index in [2.05, 4.69) is 21.2 Å². The molecule has 2 atom stereocenters. The molecule has 0 unspecified atom stereocenters. The Labute approximate surface area is 115 Å². The van der Waals surface area contributed by atoms with Crippen molar-refractivity contribution in [2.45, 2.75) is 26.3 Å². The molecule has 1 rings (SSSR count). The molecule has 0 aliphatic rings. The fraction of sp³-hybridized carbons (Fsp3) is 0.385. The number of benzene rings is 1. The summed E-state index contributed by atoms with van der Waals surface area (Å²) in [6, 6.07) is 5.99. The van der Waals surface area contributed by atoms with E-state index in [9.17, 15) is 9.59 Å². The average Bonchev–Trinajstić information content (AvgIpc) is 2.34. The van der Waals surface area contributed by atoms with E-state index in [4.69, 9.17) is 5.11 Å². The molecule has 98 valence electrons. The van der Waals surface area contributed by atoms with Gasteiger partial charge < -0.3 is 10.4 Å². The molecule has 0 radical (unpaired) electrons. The van der Waals surface area contributed by atoms with Gasteiger partial charge >= 0.3 is 5.97 Å². The van der Waals surface area contributed by atoms with Gasteiger partial charge in [0, 0.05) is 10.0 Å². The number of halogens is 1. The van der Waals surface area contributed by atoms with Gasteiger partial charge in [-0.25, -0.2) is 4.79 Å². The highest BCUT2D eigenvalue weighted by Crippen LogP contribution is 2.13. The number of nitrogens with one attached hydrogen (secondary N) is 1. The molecule has 1 amide bonds. The first kappa shape index (κ1) is 14.7. The molecule has 5 heteroatoms. The van der Waals surface area contributed by atoms with E-state index in [1.807, 2.05) is 6.92 Å². The highest BCUT2D eigenvalue weighted by Gasteiger charge is 2.25. The molecule has 0 saturated carbocycles. The van der Waals surface area contributed by atoms with Crippen LogP contribution in [0.3, 0.4) is 0 Å². The van der Waals surface area contributed by atoms with E-state index in [1.165, 1.54) is 0 Å². The minimum atomic E-state index is -1.01. The zero-order chi connectivity index (χ0) is 13.7. The third-order valence-corrected chi connectivity index (χ3v) is 3.35.